The maximum absolute atomic E-state index is 12.5. The number of aryl methyl sites for hydroxylation is 1. The fraction of sp³-hybridized carbons (Fsp3) is 0.263. The molecule has 0 unspecified atom stereocenters. The van der Waals surface area contributed by atoms with Crippen molar-refractivity contribution in [1.29, 1.82) is 0 Å². The first-order valence-corrected chi connectivity index (χ1v) is 8.05. The summed E-state index contributed by atoms with van der Waals surface area (Å²) in [5.41, 5.74) is 2.15. The fourth-order valence-corrected chi connectivity index (χ4v) is 2.54. The second-order valence-electron chi connectivity index (χ2n) is 5.89. The Labute approximate surface area is 146 Å². The minimum absolute atomic E-state index is 0.0370. The van der Waals surface area contributed by atoms with Crippen LogP contribution in [-0.4, -0.2) is 43.5 Å². The summed E-state index contributed by atoms with van der Waals surface area (Å²) in [5.74, 6) is 1.00. The highest BCUT2D eigenvalue weighted by Crippen LogP contribution is 2.28. The zero-order valence-electron chi connectivity index (χ0n) is 14.2. The van der Waals surface area contributed by atoms with Crippen molar-refractivity contribution in [3.8, 4) is 11.5 Å². The predicted molar refractivity (Wildman–Crippen MR) is 94.2 cm³/mol. The Kier molecular flexibility index (Phi) is 4.88. The summed E-state index contributed by atoms with van der Waals surface area (Å²) in [6, 6.07) is 12.8. The maximum atomic E-state index is 12.5. The summed E-state index contributed by atoms with van der Waals surface area (Å²) >= 11 is 0. The zero-order chi connectivity index (χ0) is 17.8. The van der Waals surface area contributed by atoms with Gasteiger partial charge >= 0.3 is 0 Å². The molecule has 130 valence electrons. The molecule has 0 saturated carbocycles. The number of carbonyl (C=O) groups is 2. The summed E-state index contributed by atoms with van der Waals surface area (Å²) in [6.45, 7) is 2.81. The number of nitrogens with zero attached hydrogens (tertiary/aromatic N) is 1. The summed E-state index contributed by atoms with van der Waals surface area (Å²) in [7, 11) is 1.73. The molecule has 6 nitrogen and oxygen atoms in total. The van der Waals surface area contributed by atoms with Crippen molar-refractivity contribution in [3.63, 3.8) is 0 Å². The topological polar surface area (TPSA) is 67.9 Å². The van der Waals surface area contributed by atoms with Crippen LogP contribution in [0, 0.1) is 6.92 Å². The molecule has 1 N–H and O–H groups in total. The molecule has 2 aromatic rings. The normalized spacial score (nSPS) is 12.6. The van der Waals surface area contributed by atoms with E-state index in [1.54, 1.807) is 30.1 Å². The van der Waals surface area contributed by atoms with E-state index in [9.17, 15) is 9.59 Å². The number of likely N-dealkylation sites (N-methyl/N-ethyl adjacent to an activating group) is 1. The Hall–Kier alpha value is -3.02. The standard InChI is InChI=1S/C19H20N2O4/c1-13-5-3-4-6-16(13)24-10-9-21(2)19(23)14-7-8-15-17(11-14)25-12-18(22)20-15/h3-8,11H,9-10,12H2,1-2H3,(H,20,22). The van der Waals surface area contributed by atoms with Gasteiger partial charge in [-0.3, -0.25) is 9.59 Å². The van der Waals surface area contributed by atoms with Crippen molar-refractivity contribution < 1.29 is 19.1 Å². The predicted octanol–water partition coefficient (Wildman–Crippen LogP) is 2.48. The molecule has 0 fully saturated rings. The van der Waals surface area contributed by atoms with Gasteiger partial charge in [0.2, 0.25) is 0 Å². The van der Waals surface area contributed by atoms with Gasteiger partial charge in [-0.1, -0.05) is 18.2 Å². The molecule has 0 spiro atoms. The van der Waals surface area contributed by atoms with Crippen molar-refractivity contribution >= 4 is 17.5 Å². The lowest BCUT2D eigenvalue weighted by molar-refractivity contribution is -0.118. The molecule has 0 radical (unpaired) electrons. The molecular weight excluding hydrogens is 320 g/mol. The van der Waals surface area contributed by atoms with Crippen molar-refractivity contribution in [2.45, 2.75) is 6.92 Å². The summed E-state index contributed by atoms with van der Waals surface area (Å²) < 4.78 is 11.1. The molecule has 2 aromatic carbocycles. The largest absolute Gasteiger partial charge is 0.491 e. The number of amides is 2. The van der Waals surface area contributed by atoms with Gasteiger partial charge in [-0.05, 0) is 36.8 Å². The second-order valence-corrected chi connectivity index (χ2v) is 5.89. The van der Waals surface area contributed by atoms with E-state index in [-0.39, 0.29) is 18.4 Å². The summed E-state index contributed by atoms with van der Waals surface area (Å²) in [4.78, 5) is 25.4. The van der Waals surface area contributed by atoms with Crippen molar-refractivity contribution in [2.75, 3.05) is 32.1 Å². The van der Waals surface area contributed by atoms with Crippen LogP contribution in [0.1, 0.15) is 15.9 Å². The molecular formula is C19H20N2O4. The van der Waals surface area contributed by atoms with E-state index in [2.05, 4.69) is 5.32 Å². The quantitative estimate of drug-likeness (QED) is 0.908. The molecule has 1 heterocycles. The van der Waals surface area contributed by atoms with Crippen LogP contribution in [0.25, 0.3) is 0 Å². The van der Waals surface area contributed by atoms with E-state index in [1.165, 1.54) is 0 Å². The molecule has 2 amide bonds. The third-order valence-corrected chi connectivity index (χ3v) is 3.99. The first-order chi connectivity index (χ1) is 12.0. The molecule has 25 heavy (non-hydrogen) atoms. The molecule has 0 saturated heterocycles. The SMILES string of the molecule is Cc1ccccc1OCCN(C)C(=O)c1ccc2c(c1)OCC(=O)N2. The van der Waals surface area contributed by atoms with Gasteiger partial charge in [-0.25, -0.2) is 0 Å². The highest BCUT2D eigenvalue weighted by molar-refractivity contribution is 5.98. The third-order valence-electron chi connectivity index (χ3n) is 3.99. The summed E-state index contributed by atoms with van der Waals surface area (Å²) in [5, 5.41) is 2.70. The minimum Gasteiger partial charge on any atom is -0.491 e. The van der Waals surface area contributed by atoms with Gasteiger partial charge in [-0.15, -0.1) is 0 Å². The lowest BCUT2D eigenvalue weighted by atomic mass is 10.1. The van der Waals surface area contributed by atoms with Crippen LogP contribution in [-0.2, 0) is 4.79 Å². The van der Waals surface area contributed by atoms with Gasteiger partial charge in [0.25, 0.3) is 11.8 Å². The molecule has 3 rings (SSSR count). The van der Waals surface area contributed by atoms with Gasteiger partial charge < -0.3 is 19.7 Å². The minimum atomic E-state index is -0.197. The van der Waals surface area contributed by atoms with Gasteiger partial charge in [0, 0.05) is 12.6 Å². The molecule has 0 aliphatic carbocycles. The van der Waals surface area contributed by atoms with Crippen LogP contribution >= 0.6 is 0 Å². The van der Waals surface area contributed by atoms with Gasteiger partial charge in [0.05, 0.1) is 12.2 Å². The second kappa shape index (κ2) is 7.25. The Morgan fingerprint density at radius 3 is 2.88 bits per heavy atom. The first-order valence-electron chi connectivity index (χ1n) is 8.05. The van der Waals surface area contributed by atoms with Crippen LogP contribution in [0.2, 0.25) is 0 Å². The molecule has 1 aliphatic heterocycles. The van der Waals surface area contributed by atoms with E-state index in [0.717, 1.165) is 11.3 Å². The molecule has 0 aromatic heterocycles. The van der Waals surface area contributed by atoms with Gasteiger partial charge in [-0.2, -0.15) is 0 Å². The van der Waals surface area contributed by atoms with E-state index < -0.39 is 0 Å². The van der Waals surface area contributed by atoms with E-state index in [0.29, 0.717) is 30.2 Å². The number of para-hydroxylation sites is 1. The van der Waals surface area contributed by atoms with Crippen LogP contribution in [0.3, 0.4) is 0 Å². The van der Waals surface area contributed by atoms with E-state index in [1.807, 2.05) is 31.2 Å². The Morgan fingerprint density at radius 2 is 2.08 bits per heavy atom. The van der Waals surface area contributed by atoms with E-state index >= 15 is 0 Å². The number of carbonyl (C=O) groups excluding carboxylic acids is 2. The van der Waals surface area contributed by atoms with Crippen LogP contribution in [0.4, 0.5) is 5.69 Å². The van der Waals surface area contributed by atoms with Crippen LogP contribution in [0.15, 0.2) is 42.5 Å². The van der Waals surface area contributed by atoms with Crippen LogP contribution < -0.4 is 14.8 Å². The Morgan fingerprint density at radius 1 is 1.28 bits per heavy atom. The highest BCUT2D eigenvalue weighted by Gasteiger charge is 2.19. The van der Waals surface area contributed by atoms with Crippen molar-refractivity contribution in [2.24, 2.45) is 0 Å². The maximum Gasteiger partial charge on any atom is 0.262 e. The number of rotatable bonds is 5. The zero-order valence-corrected chi connectivity index (χ0v) is 14.2. The van der Waals surface area contributed by atoms with Crippen LogP contribution in [0.5, 0.6) is 11.5 Å². The number of benzene rings is 2. The Bertz CT molecular complexity index is 804. The number of hydrogen-bond donors (Lipinski definition) is 1. The lowest BCUT2D eigenvalue weighted by Gasteiger charge is -2.21. The third kappa shape index (κ3) is 3.91. The number of anilines is 1. The highest BCUT2D eigenvalue weighted by atomic mass is 16.5. The number of fused-ring (bicyclic) bond motifs is 1. The lowest BCUT2D eigenvalue weighted by Crippen LogP contribution is -2.31. The van der Waals surface area contributed by atoms with Gasteiger partial charge in [0.1, 0.15) is 18.1 Å². The fourth-order valence-electron chi connectivity index (χ4n) is 2.54. The van der Waals surface area contributed by atoms with Crippen molar-refractivity contribution in [1.82, 2.24) is 4.90 Å². The number of hydrogen-bond acceptors (Lipinski definition) is 4. The first kappa shape index (κ1) is 16.8. The molecule has 6 heteroatoms. The number of ether oxygens (including phenoxy) is 2. The summed E-state index contributed by atoms with van der Waals surface area (Å²) in [6.07, 6.45) is 0. The average Bonchev–Trinajstić information content (AvgIpc) is 2.62. The number of nitrogens with one attached hydrogen (secondary N) is 1. The average molecular weight is 340 g/mol. The molecule has 0 atom stereocenters. The monoisotopic (exact) mass is 340 g/mol. The smallest absolute Gasteiger partial charge is 0.262 e. The molecule has 0 bridgehead atoms. The molecule has 1 aliphatic rings. The van der Waals surface area contributed by atoms with Crippen molar-refractivity contribution in [3.05, 3.63) is 53.6 Å². The van der Waals surface area contributed by atoms with E-state index in [4.69, 9.17) is 9.47 Å². The van der Waals surface area contributed by atoms with Gasteiger partial charge in [0.15, 0.2) is 6.61 Å². The Balaban J connectivity index is 1.59.